The van der Waals surface area contributed by atoms with Crippen LogP contribution < -0.4 is 10.6 Å². The Morgan fingerprint density at radius 1 is 1.00 bits per heavy atom. The van der Waals surface area contributed by atoms with Crippen molar-refractivity contribution in [2.24, 2.45) is 5.41 Å². The highest BCUT2D eigenvalue weighted by molar-refractivity contribution is 5.74. The maximum absolute atomic E-state index is 12.1. The molecule has 0 radical (unpaired) electrons. The minimum absolute atomic E-state index is 0.0286. The number of carbonyl (C=O) groups is 2. The molecule has 130 valence electrons. The van der Waals surface area contributed by atoms with E-state index in [1.165, 1.54) is 0 Å². The standard InChI is InChI=1S/C16H33N3O3/c1-14(2,3)10-17-12(20)19(9)11-16(7,8)18-13(21)22-15(4,5)6/h10-11H2,1-9H3,(H,17,20)(H,18,21). The van der Waals surface area contributed by atoms with Crippen LogP contribution in [-0.2, 0) is 4.74 Å². The number of amides is 3. The molecule has 3 amide bonds. The monoisotopic (exact) mass is 315 g/mol. The van der Waals surface area contributed by atoms with Gasteiger partial charge in [-0.3, -0.25) is 0 Å². The fraction of sp³-hybridized carbons (Fsp3) is 0.875. The van der Waals surface area contributed by atoms with E-state index in [2.05, 4.69) is 31.4 Å². The molecule has 0 aliphatic rings. The molecule has 0 heterocycles. The molecule has 0 aliphatic carbocycles. The molecule has 0 aromatic carbocycles. The van der Waals surface area contributed by atoms with Crippen LogP contribution in [0.15, 0.2) is 0 Å². The zero-order chi connectivity index (χ0) is 17.8. The number of ether oxygens (including phenoxy) is 1. The van der Waals surface area contributed by atoms with Crippen LogP contribution in [0, 0.1) is 5.41 Å². The van der Waals surface area contributed by atoms with Crippen LogP contribution >= 0.6 is 0 Å². The Morgan fingerprint density at radius 2 is 1.50 bits per heavy atom. The third-order valence-electron chi connectivity index (χ3n) is 2.59. The summed E-state index contributed by atoms with van der Waals surface area (Å²) in [4.78, 5) is 25.4. The normalized spacial score (nSPS) is 12.6. The largest absolute Gasteiger partial charge is 0.444 e. The van der Waals surface area contributed by atoms with Crippen molar-refractivity contribution in [3.05, 3.63) is 0 Å². The van der Waals surface area contributed by atoms with Gasteiger partial charge in [0.15, 0.2) is 0 Å². The van der Waals surface area contributed by atoms with Gasteiger partial charge in [-0.25, -0.2) is 9.59 Å². The number of carbonyl (C=O) groups excluding carboxylic acids is 2. The first kappa shape index (κ1) is 20.5. The highest BCUT2D eigenvalue weighted by Crippen LogP contribution is 2.12. The molecule has 2 N–H and O–H groups in total. The Hall–Kier alpha value is -1.46. The van der Waals surface area contributed by atoms with Crippen molar-refractivity contribution >= 4 is 12.1 Å². The van der Waals surface area contributed by atoms with E-state index in [0.29, 0.717) is 13.1 Å². The third kappa shape index (κ3) is 10.3. The molecule has 0 saturated carbocycles. The van der Waals surface area contributed by atoms with Gasteiger partial charge in [0.05, 0.1) is 5.54 Å². The summed E-state index contributed by atoms with van der Waals surface area (Å²) in [6.45, 7) is 16.3. The summed E-state index contributed by atoms with van der Waals surface area (Å²) < 4.78 is 5.24. The Bertz CT molecular complexity index is 392. The van der Waals surface area contributed by atoms with Crippen molar-refractivity contribution < 1.29 is 14.3 Å². The number of urea groups is 1. The Balaban J connectivity index is 4.45. The van der Waals surface area contributed by atoms with E-state index in [1.54, 1.807) is 11.9 Å². The Labute approximate surface area is 135 Å². The minimum atomic E-state index is -0.587. The number of hydrogen-bond acceptors (Lipinski definition) is 3. The molecule has 0 aliphatic heterocycles. The van der Waals surface area contributed by atoms with Crippen LogP contribution in [0.5, 0.6) is 0 Å². The lowest BCUT2D eigenvalue weighted by Gasteiger charge is -2.32. The summed E-state index contributed by atoms with van der Waals surface area (Å²) in [6.07, 6.45) is -0.485. The summed E-state index contributed by atoms with van der Waals surface area (Å²) in [6, 6.07) is -0.158. The van der Waals surface area contributed by atoms with Gasteiger partial charge in [-0.2, -0.15) is 0 Å². The number of alkyl carbamates (subject to hydrolysis) is 1. The first-order valence-corrected chi connectivity index (χ1v) is 7.61. The van der Waals surface area contributed by atoms with Gasteiger partial charge >= 0.3 is 12.1 Å². The van der Waals surface area contributed by atoms with Gasteiger partial charge in [-0.15, -0.1) is 0 Å². The van der Waals surface area contributed by atoms with Crippen LogP contribution in [0.2, 0.25) is 0 Å². The van der Waals surface area contributed by atoms with Crippen LogP contribution in [0.3, 0.4) is 0 Å². The van der Waals surface area contributed by atoms with Crippen molar-refractivity contribution in [3.8, 4) is 0 Å². The summed E-state index contributed by atoms with van der Waals surface area (Å²) in [5.74, 6) is 0. The van der Waals surface area contributed by atoms with E-state index in [4.69, 9.17) is 4.74 Å². The third-order valence-corrected chi connectivity index (χ3v) is 2.59. The van der Waals surface area contributed by atoms with Gasteiger partial charge in [0, 0.05) is 20.1 Å². The van der Waals surface area contributed by atoms with Gasteiger partial charge in [0.2, 0.25) is 0 Å². The number of rotatable bonds is 4. The zero-order valence-electron chi connectivity index (χ0n) is 15.6. The molecular formula is C16H33N3O3. The summed E-state index contributed by atoms with van der Waals surface area (Å²) in [7, 11) is 1.70. The fourth-order valence-electron chi connectivity index (χ4n) is 1.76. The van der Waals surface area contributed by atoms with Crippen LogP contribution in [0.25, 0.3) is 0 Å². The number of nitrogens with zero attached hydrogens (tertiary/aromatic N) is 1. The van der Waals surface area contributed by atoms with Crippen LogP contribution in [0.4, 0.5) is 9.59 Å². The molecule has 0 unspecified atom stereocenters. The number of likely N-dealkylation sites (N-methyl/N-ethyl adjacent to an activating group) is 1. The highest BCUT2D eigenvalue weighted by Gasteiger charge is 2.27. The van der Waals surface area contributed by atoms with Crippen molar-refractivity contribution in [3.63, 3.8) is 0 Å². The minimum Gasteiger partial charge on any atom is -0.444 e. The smallest absolute Gasteiger partial charge is 0.408 e. The number of nitrogens with one attached hydrogen (secondary N) is 2. The fourth-order valence-corrected chi connectivity index (χ4v) is 1.76. The molecule has 6 nitrogen and oxygen atoms in total. The first-order valence-electron chi connectivity index (χ1n) is 7.61. The predicted octanol–water partition coefficient (Wildman–Crippen LogP) is 2.98. The summed E-state index contributed by atoms with van der Waals surface area (Å²) in [5.41, 5.74) is -1.10. The predicted molar refractivity (Wildman–Crippen MR) is 88.9 cm³/mol. The average Bonchev–Trinajstić information content (AvgIpc) is 2.19. The van der Waals surface area contributed by atoms with Gasteiger partial charge < -0.3 is 20.3 Å². The second-order valence-electron chi connectivity index (χ2n) is 8.59. The van der Waals surface area contributed by atoms with Gasteiger partial charge in [0.25, 0.3) is 0 Å². The SMILES string of the molecule is CN(CC(C)(C)NC(=O)OC(C)(C)C)C(=O)NCC(C)(C)C. The molecule has 6 heteroatoms. The molecule has 0 saturated heterocycles. The lowest BCUT2D eigenvalue weighted by molar-refractivity contribution is 0.0458. The first-order chi connectivity index (χ1) is 9.61. The van der Waals surface area contributed by atoms with Crippen molar-refractivity contribution in [2.45, 2.75) is 66.5 Å². The molecule has 0 aromatic rings. The summed E-state index contributed by atoms with van der Waals surface area (Å²) in [5, 5.41) is 5.67. The second kappa shape index (κ2) is 7.20. The lowest BCUT2D eigenvalue weighted by Crippen LogP contribution is -2.54. The maximum atomic E-state index is 12.1. The number of hydrogen-bond donors (Lipinski definition) is 2. The topological polar surface area (TPSA) is 70.7 Å². The van der Waals surface area contributed by atoms with E-state index >= 15 is 0 Å². The van der Waals surface area contributed by atoms with E-state index in [1.807, 2.05) is 34.6 Å². The summed E-state index contributed by atoms with van der Waals surface area (Å²) >= 11 is 0. The zero-order valence-corrected chi connectivity index (χ0v) is 15.6. The van der Waals surface area contributed by atoms with Gasteiger partial charge in [-0.05, 0) is 40.0 Å². The van der Waals surface area contributed by atoms with E-state index in [0.717, 1.165) is 0 Å². The molecule has 0 rings (SSSR count). The van der Waals surface area contributed by atoms with E-state index in [-0.39, 0.29) is 11.4 Å². The molecule has 0 atom stereocenters. The molecule has 22 heavy (non-hydrogen) atoms. The molecule has 0 spiro atoms. The van der Waals surface area contributed by atoms with E-state index in [9.17, 15) is 9.59 Å². The van der Waals surface area contributed by atoms with Gasteiger partial charge in [0.1, 0.15) is 5.60 Å². The van der Waals surface area contributed by atoms with Gasteiger partial charge in [-0.1, -0.05) is 20.8 Å². The maximum Gasteiger partial charge on any atom is 0.408 e. The van der Waals surface area contributed by atoms with Crippen molar-refractivity contribution in [1.82, 2.24) is 15.5 Å². The van der Waals surface area contributed by atoms with Crippen LogP contribution in [0.1, 0.15) is 55.4 Å². The highest BCUT2D eigenvalue weighted by atomic mass is 16.6. The lowest BCUT2D eigenvalue weighted by atomic mass is 9.97. The molecule has 0 bridgehead atoms. The molecular weight excluding hydrogens is 282 g/mol. The van der Waals surface area contributed by atoms with Crippen molar-refractivity contribution in [1.29, 1.82) is 0 Å². The van der Waals surface area contributed by atoms with Crippen LogP contribution in [-0.4, -0.2) is 48.3 Å². The second-order valence-corrected chi connectivity index (χ2v) is 8.59. The quantitative estimate of drug-likeness (QED) is 0.838. The molecule has 0 aromatic heterocycles. The molecule has 0 fully saturated rings. The average molecular weight is 315 g/mol. The van der Waals surface area contributed by atoms with Crippen molar-refractivity contribution in [2.75, 3.05) is 20.1 Å². The Kier molecular flexibility index (Phi) is 6.72. The van der Waals surface area contributed by atoms with E-state index < -0.39 is 17.2 Å². The Morgan fingerprint density at radius 3 is 1.91 bits per heavy atom.